The van der Waals surface area contributed by atoms with E-state index in [1.807, 2.05) is 32.4 Å². The number of likely N-dealkylation sites (N-methyl/N-ethyl adjacent to an activating group) is 2. The Morgan fingerprint density at radius 3 is 2.41 bits per heavy atom. The van der Waals surface area contributed by atoms with Crippen molar-refractivity contribution in [2.45, 2.75) is 39.9 Å². The Kier molecular flexibility index (Phi) is 5.75. The van der Waals surface area contributed by atoms with Crippen molar-refractivity contribution < 1.29 is 14.0 Å². The molecule has 1 aliphatic rings. The van der Waals surface area contributed by atoms with Gasteiger partial charge in [-0.05, 0) is 36.7 Å². The van der Waals surface area contributed by atoms with Crippen LogP contribution in [0, 0.1) is 11.2 Å². The number of nitrogens with one attached hydrogen (secondary N) is 2. The Hall–Kier alpha value is -2.74. The summed E-state index contributed by atoms with van der Waals surface area (Å²) in [6.07, 6.45) is 0. The van der Waals surface area contributed by atoms with Crippen LogP contribution < -0.4 is 10.6 Å². The molecule has 156 valence electrons. The van der Waals surface area contributed by atoms with Crippen molar-refractivity contribution in [3.8, 4) is 11.4 Å². The summed E-state index contributed by atoms with van der Waals surface area (Å²) in [6, 6.07) is 5.38. The van der Waals surface area contributed by atoms with E-state index in [9.17, 15) is 14.0 Å². The molecule has 29 heavy (non-hydrogen) atoms. The number of aromatic nitrogens is 2. The molecule has 7 nitrogen and oxygen atoms in total. The van der Waals surface area contributed by atoms with E-state index >= 15 is 0 Å². The van der Waals surface area contributed by atoms with Crippen LogP contribution in [0.1, 0.15) is 37.0 Å². The average Bonchev–Trinajstić information content (AvgIpc) is 3.03. The number of rotatable bonds is 4. The molecule has 0 unspecified atom stereocenters. The molecule has 2 aromatic rings. The summed E-state index contributed by atoms with van der Waals surface area (Å²) in [6.45, 7) is 7.75. The molecule has 2 N–H and O–H groups in total. The molecule has 0 aliphatic carbocycles. The van der Waals surface area contributed by atoms with Crippen LogP contribution in [0.25, 0.3) is 11.4 Å². The predicted octanol–water partition coefficient (Wildman–Crippen LogP) is 2.03. The lowest BCUT2D eigenvalue weighted by molar-refractivity contribution is -0.124. The highest BCUT2D eigenvalue weighted by Gasteiger charge is 2.34. The Morgan fingerprint density at radius 1 is 1.17 bits per heavy atom. The second-order valence-corrected chi connectivity index (χ2v) is 8.51. The van der Waals surface area contributed by atoms with Crippen LogP contribution in [0.2, 0.25) is 0 Å². The molecule has 0 spiro atoms. The summed E-state index contributed by atoms with van der Waals surface area (Å²) in [4.78, 5) is 32.2. The second-order valence-electron chi connectivity index (χ2n) is 8.51. The summed E-state index contributed by atoms with van der Waals surface area (Å²) in [5.41, 5.74) is 1.37. The van der Waals surface area contributed by atoms with Crippen molar-refractivity contribution in [1.29, 1.82) is 0 Å². The van der Waals surface area contributed by atoms with Crippen LogP contribution in [0.5, 0.6) is 0 Å². The van der Waals surface area contributed by atoms with E-state index in [0.717, 1.165) is 17.8 Å². The molecule has 0 saturated heterocycles. The third-order valence-corrected chi connectivity index (χ3v) is 5.17. The first-order valence-electron chi connectivity index (χ1n) is 9.68. The smallest absolute Gasteiger partial charge is 0.272 e. The summed E-state index contributed by atoms with van der Waals surface area (Å²) in [7, 11) is 3.53. The van der Waals surface area contributed by atoms with Crippen molar-refractivity contribution in [1.82, 2.24) is 25.1 Å². The summed E-state index contributed by atoms with van der Waals surface area (Å²) in [5.74, 6) is -0.336. The monoisotopic (exact) mass is 401 g/mol. The molecule has 0 radical (unpaired) electrons. The number of amides is 2. The van der Waals surface area contributed by atoms with Gasteiger partial charge in [0, 0.05) is 32.2 Å². The van der Waals surface area contributed by atoms with Crippen LogP contribution in [-0.4, -0.2) is 52.9 Å². The molecular formula is C21H28FN5O2. The lowest BCUT2D eigenvalue weighted by Gasteiger charge is -2.30. The number of hydrogen-bond acceptors (Lipinski definition) is 4. The van der Waals surface area contributed by atoms with Gasteiger partial charge in [0.1, 0.15) is 17.7 Å². The van der Waals surface area contributed by atoms with E-state index in [2.05, 4.69) is 20.5 Å². The highest BCUT2D eigenvalue weighted by Crippen LogP contribution is 2.27. The minimum absolute atomic E-state index is 0.255. The first-order valence-corrected chi connectivity index (χ1v) is 9.68. The van der Waals surface area contributed by atoms with E-state index in [0.29, 0.717) is 24.6 Å². The molecule has 1 aromatic carbocycles. The van der Waals surface area contributed by atoms with Crippen molar-refractivity contribution in [3.63, 3.8) is 0 Å². The molecule has 3 rings (SSSR count). The second kappa shape index (κ2) is 7.94. The molecule has 1 aliphatic heterocycles. The Bertz CT molecular complexity index is 914. The third kappa shape index (κ3) is 4.32. The van der Waals surface area contributed by atoms with Gasteiger partial charge >= 0.3 is 0 Å². The van der Waals surface area contributed by atoms with Crippen molar-refractivity contribution >= 4 is 11.8 Å². The normalized spacial score (nSPS) is 15.5. The average molecular weight is 401 g/mol. The van der Waals surface area contributed by atoms with Crippen LogP contribution in [0.4, 0.5) is 4.39 Å². The van der Waals surface area contributed by atoms with Gasteiger partial charge in [-0.15, -0.1) is 0 Å². The predicted molar refractivity (Wildman–Crippen MR) is 109 cm³/mol. The molecule has 0 bridgehead atoms. The van der Waals surface area contributed by atoms with Crippen molar-refractivity contribution in [2.24, 2.45) is 5.41 Å². The zero-order valence-corrected chi connectivity index (χ0v) is 17.5. The van der Waals surface area contributed by atoms with Crippen molar-refractivity contribution in [2.75, 3.05) is 20.6 Å². The maximum atomic E-state index is 13.4. The van der Waals surface area contributed by atoms with Crippen LogP contribution >= 0.6 is 0 Å². The molecule has 1 aromatic heterocycles. The van der Waals surface area contributed by atoms with Gasteiger partial charge in [-0.3, -0.25) is 14.5 Å². The fraction of sp³-hybridized carbons (Fsp3) is 0.476. The first-order chi connectivity index (χ1) is 13.6. The number of carbonyl (C=O) groups is 2. The zero-order valence-electron chi connectivity index (χ0n) is 17.5. The number of imidazole rings is 1. The van der Waals surface area contributed by atoms with Crippen molar-refractivity contribution in [3.05, 3.63) is 41.5 Å². The van der Waals surface area contributed by atoms with Gasteiger partial charge in [0.25, 0.3) is 5.91 Å². The van der Waals surface area contributed by atoms with Gasteiger partial charge in [0.2, 0.25) is 5.91 Å². The van der Waals surface area contributed by atoms with Crippen LogP contribution in [0.15, 0.2) is 24.3 Å². The highest BCUT2D eigenvalue weighted by atomic mass is 19.1. The summed E-state index contributed by atoms with van der Waals surface area (Å²) in [5, 5.41) is 5.47. The van der Waals surface area contributed by atoms with E-state index in [4.69, 9.17) is 0 Å². The summed E-state index contributed by atoms with van der Waals surface area (Å²) < 4.78 is 15.4. The molecule has 0 fully saturated rings. The zero-order chi connectivity index (χ0) is 21.3. The van der Waals surface area contributed by atoms with Crippen LogP contribution in [0.3, 0.4) is 0 Å². The molecule has 1 atom stereocenters. The molecule has 8 heteroatoms. The minimum Gasteiger partial charge on any atom is -0.357 e. The standard InChI is InChI=1S/C21H28FN5O2/c1-21(2,3)17(20(29)23-4)25-19(28)16-15-12-26(5)10-11-27(15)18(24-16)13-6-8-14(22)9-7-13/h6-9,17H,10-12H2,1-5H3,(H,23,29)(H,25,28)/t17-/m1/s1. The third-order valence-electron chi connectivity index (χ3n) is 5.17. The van der Waals surface area contributed by atoms with E-state index in [1.165, 1.54) is 12.1 Å². The van der Waals surface area contributed by atoms with Gasteiger partial charge in [-0.2, -0.15) is 0 Å². The number of fused-ring (bicyclic) bond motifs is 1. The lowest BCUT2D eigenvalue weighted by Crippen LogP contribution is -2.53. The maximum absolute atomic E-state index is 13.4. The number of carbonyl (C=O) groups excluding carboxylic acids is 2. The number of halogens is 1. The van der Waals surface area contributed by atoms with Gasteiger partial charge in [0.15, 0.2) is 5.69 Å². The largest absolute Gasteiger partial charge is 0.357 e. The summed E-state index contributed by atoms with van der Waals surface area (Å²) >= 11 is 0. The quantitative estimate of drug-likeness (QED) is 0.822. The SMILES string of the molecule is CNC(=O)[C@@H](NC(=O)c1nc(-c2ccc(F)cc2)n2c1CN(C)CC2)C(C)(C)C. The molecule has 2 heterocycles. The topological polar surface area (TPSA) is 79.3 Å². The van der Waals surface area contributed by atoms with E-state index in [1.54, 1.807) is 19.2 Å². The minimum atomic E-state index is -0.701. The van der Waals surface area contributed by atoms with Gasteiger partial charge < -0.3 is 15.2 Å². The van der Waals surface area contributed by atoms with E-state index < -0.39 is 11.5 Å². The Balaban J connectivity index is 2.01. The lowest BCUT2D eigenvalue weighted by atomic mass is 9.86. The highest BCUT2D eigenvalue weighted by molar-refractivity contribution is 5.97. The van der Waals surface area contributed by atoms with Crippen LogP contribution in [-0.2, 0) is 17.9 Å². The Labute approximate surface area is 170 Å². The number of nitrogens with zero attached hydrogens (tertiary/aromatic N) is 3. The molecule has 2 amide bonds. The van der Waals surface area contributed by atoms with E-state index in [-0.39, 0.29) is 17.6 Å². The Morgan fingerprint density at radius 2 is 1.83 bits per heavy atom. The van der Waals surface area contributed by atoms with Gasteiger partial charge in [-0.1, -0.05) is 20.8 Å². The van der Waals surface area contributed by atoms with Gasteiger partial charge in [0.05, 0.1) is 5.69 Å². The number of benzene rings is 1. The molecule has 0 saturated carbocycles. The van der Waals surface area contributed by atoms with Gasteiger partial charge in [-0.25, -0.2) is 9.37 Å². The fourth-order valence-corrected chi connectivity index (χ4v) is 3.51. The molecular weight excluding hydrogens is 373 g/mol. The first kappa shape index (κ1) is 21.0. The maximum Gasteiger partial charge on any atom is 0.272 e. The number of hydrogen-bond donors (Lipinski definition) is 2. The fourth-order valence-electron chi connectivity index (χ4n) is 3.51.